The van der Waals surface area contributed by atoms with Crippen LogP contribution in [0.15, 0.2) is 18.3 Å². The fraction of sp³-hybridized carbons (Fsp3) is 0.583. The van der Waals surface area contributed by atoms with Gasteiger partial charge in [0.15, 0.2) is 0 Å². The molecular weight excluding hydrogens is 238 g/mol. The van der Waals surface area contributed by atoms with Crippen LogP contribution in [0.4, 0.5) is 0 Å². The zero-order valence-electron chi connectivity index (χ0n) is 8.70. The molecule has 0 amide bonds. The molecule has 3 unspecified atom stereocenters. The maximum Gasteiger partial charge on any atom is 0.0415 e. The van der Waals surface area contributed by atoms with Crippen molar-refractivity contribution in [2.75, 3.05) is 0 Å². The van der Waals surface area contributed by atoms with Crippen molar-refractivity contribution in [3.8, 4) is 0 Å². The third-order valence-electron chi connectivity index (χ3n) is 3.01. The predicted molar refractivity (Wildman–Crippen MR) is 62.7 cm³/mol. The Kier molecular flexibility index (Phi) is 2.91. The fourth-order valence-corrected chi connectivity index (χ4v) is 2.89. The molecule has 0 spiro atoms. The lowest BCUT2D eigenvalue weighted by molar-refractivity contribution is 0.692. The number of halogens is 1. The largest absolute Gasteiger partial charge is 0.261 e. The van der Waals surface area contributed by atoms with Gasteiger partial charge in [-0.3, -0.25) is 4.98 Å². The van der Waals surface area contributed by atoms with E-state index >= 15 is 0 Å². The van der Waals surface area contributed by atoms with Gasteiger partial charge in [0.1, 0.15) is 0 Å². The first-order valence-electron chi connectivity index (χ1n) is 5.22. The molecular formula is C12H16BrN. The molecule has 0 aromatic carbocycles. The Morgan fingerprint density at radius 1 is 1.57 bits per heavy atom. The summed E-state index contributed by atoms with van der Waals surface area (Å²) in [7, 11) is 0. The van der Waals surface area contributed by atoms with E-state index in [0.717, 1.165) is 18.3 Å². The number of hydrogen-bond donors (Lipinski definition) is 0. The van der Waals surface area contributed by atoms with Crippen LogP contribution in [0.1, 0.15) is 24.6 Å². The first-order chi connectivity index (χ1) is 6.66. The average molecular weight is 254 g/mol. The molecule has 1 heterocycles. The lowest BCUT2D eigenvalue weighted by Crippen LogP contribution is -2.07. The summed E-state index contributed by atoms with van der Waals surface area (Å²) in [5.74, 6) is 1.78. The van der Waals surface area contributed by atoms with Crippen molar-refractivity contribution in [2.24, 2.45) is 11.8 Å². The van der Waals surface area contributed by atoms with Crippen molar-refractivity contribution >= 4 is 15.9 Å². The van der Waals surface area contributed by atoms with Gasteiger partial charge in [-0.25, -0.2) is 0 Å². The van der Waals surface area contributed by atoms with Crippen LogP contribution in [0.2, 0.25) is 0 Å². The molecule has 14 heavy (non-hydrogen) atoms. The second kappa shape index (κ2) is 4.01. The Labute approximate surface area is 94.1 Å². The molecule has 1 nitrogen and oxygen atoms in total. The summed E-state index contributed by atoms with van der Waals surface area (Å²) in [4.78, 5) is 5.04. The van der Waals surface area contributed by atoms with Crippen molar-refractivity contribution in [1.82, 2.24) is 4.98 Å². The first-order valence-corrected chi connectivity index (χ1v) is 6.14. The molecule has 76 valence electrons. The SMILES string of the molecule is Cc1ccc(CC(Br)C2CC2C)nc1. The highest BCUT2D eigenvalue weighted by atomic mass is 79.9. The number of alkyl halides is 1. The molecule has 3 atom stereocenters. The molecule has 1 aliphatic carbocycles. The maximum atomic E-state index is 4.42. The molecule has 2 heteroatoms. The van der Waals surface area contributed by atoms with Gasteiger partial charge in [0, 0.05) is 23.1 Å². The van der Waals surface area contributed by atoms with E-state index in [2.05, 4.69) is 46.9 Å². The Morgan fingerprint density at radius 3 is 2.79 bits per heavy atom. The topological polar surface area (TPSA) is 12.9 Å². The molecule has 0 aliphatic heterocycles. The highest BCUT2D eigenvalue weighted by molar-refractivity contribution is 9.09. The van der Waals surface area contributed by atoms with Crippen LogP contribution in [0.3, 0.4) is 0 Å². The summed E-state index contributed by atoms with van der Waals surface area (Å²) in [6.45, 7) is 4.40. The highest BCUT2D eigenvalue weighted by Gasteiger charge is 2.38. The normalized spacial score (nSPS) is 27.4. The minimum Gasteiger partial charge on any atom is -0.261 e. The second-order valence-corrected chi connectivity index (χ2v) is 5.60. The fourth-order valence-electron chi connectivity index (χ4n) is 1.83. The number of rotatable bonds is 3. The Hall–Kier alpha value is -0.370. The van der Waals surface area contributed by atoms with Crippen molar-refractivity contribution in [3.05, 3.63) is 29.6 Å². The van der Waals surface area contributed by atoms with Gasteiger partial charge in [-0.2, -0.15) is 0 Å². The van der Waals surface area contributed by atoms with Crippen molar-refractivity contribution in [2.45, 2.75) is 31.5 Å². The Bertz CT molecular complexity index is 307. The molecule has 2 rings (SSSR count). The lowest BCUT2D eigenvalue weighted by Gasteiger charge is -2.07. The van der Waals surface area contributed by atoms with Gasteiger partial charge in [0.05, 0.1) is 0 Å². The zero-order chi connectivity index (χ0) is 10.1. The van der Waals surface area contributed by atoms with Crippen molar-refractivity contribution in [3.63, 3.8) is 0 Å². The molecule has 1 aromatic rings. The minimum atomic E-state index is 0.618. The van der Waals surface area contributed by atoms with E-state index in [9.17, 15) is 0 Å². The third kappa shape index (κ3) is 2.35. The quantitative estimate of drug-likeness (QED) is 0.754. The predicted octanol–water partition coefficient (Wildman–Crippen LogP) is 3.35. The molecule has 1 fully saturated rings. The number of nitrogens with zero attached hydrogens (tertiary/aromatic N) is 1. The molecule has 0 radical (unpaired) electrons. The first kappa shape index (κ1) is 10.2. The van der Waals surface area contributed by atoms with Gasteiger partial charge >= 0.3 is 0 Å². The van der Waals surface area contributed by atoms with Gasteiger partial charge in [-0.15, -0.1) is 0 Å². The Balaban J connectivity index is 1.93. The minimum absolute atomic E-state index is 0.618. The second-order valence-electron chi connectivity index (χ2n) is 4.42. The van der Waals surface area contributed by atoms with E-state index < -0.39 is 0 Å². The molecule has 1 aliphatic rings. The van der Waals surface area contributed by atoms with Gasteiger partial charge in [-0.1, -0.05) is 28.9 Å². The number of hydrogen-bond acceptors (Lipinski definition) is 1. The summed E-state index contributed by atoms with van der Waals surface area (Å²) in [6.07, 6.45) is 4.39. The summed E-state index contributed by atoms with van der Waals surface area (Å²) < 4.78 is 0. The molecule has 0 N–H and O–H groups in total. The highest BCUT2D eigenvalue weighted by Crippen LogP contribution is 2.44. The van der Waals surface area contributed by atoms with Crippen LogP contribution in [0, 0.1) is 18.8 Å². The van der Waals surface area contributed by atoms with E-state index in [1.54, 1.807) is 0 Å². The van der Waals surface area contributed by atoms with E-state index in [1.807, 2.05) is 6.20 Å². The van der Waals surface area contributed by atoms with Crippen LogP contribution in [-0.2, 0) is 6.42 Å². The molecule has 0 saturated heterocycles. The number of aromatic nitrogens is 1. The third-order valence-corrected chi connectivity index (χ3v) is 4.02. The van der Waals surface area contributed by atoms with Crippen LogP contribution in [-0.4, -0.2) is 9.81 Å². The van der Waals surface area contributed by atoms with Crippen molar-refractivity contribution < 1.29 is 0 Å². The van der Waals surface area contributed by atoms with E-state index in [4.69, 9.17) is 0 Å². The van der Waals surface area contributed by atoms with Gasteiger partial charge in [0.25, 0.3) is 0 Å². The van der Waals surface area contributed by atoms with Crippen LogP contribution in [0.25, 0.3) is 0 Å². The van der Waals surface area contributed by atoms with E-state index in [1.165, 1.54) is 17.7 Å². The van der Waals surface area contributed by atoms with E-state index in [-0.39, 0.29) is 0 Å². The van der Waals surface area contributed by atoms with Gasteiger partial charge in [0.2, 0.25) is 0 Å². The molecule has 1 saturated carbocycles. The van der Waals surface area contributed by atoms with Crippen LogP contribution < -0.4 is 0 Å². The molecule has 1 aromatic heterocycles. The van der Waals surface area contributed by atoms with Gasteiger partial charge in [-0.05, 0) is 36.8 Å². The standard InChI is InChI=1S/C12H16BrN/c1-8-3-4-10(14-7-8)6-12(13)11-5-9(11)2/h3-4,7,9,11-12H,5-6H2,1-2H3. The van der Waals surface area contributed by atoms with Gasteiger partial charge < -0.3 is 0 Å². The monoisotopic (exact) mass is 253 g/mol. The lowest BCUT2D eigenvalue weighted by atomic mass is 10.1. The Morgan fingerprint density at radius 2 is 2.29 bits per heavy atom. The van der Waals surface area contributed by atoms with E-state index in [0.29, 0.717) is 4.83 Å². The zero-order valence-corrected chi connectivity index (χ0v) is 10.3. The molecule has 0 bridgehead atoms. The summed E-state index contributed by atoms with van der Waals surface area (Å²) in [6, 6.07) is 4.27. The van der Waals surface area contributed by atoms with Crippen LogP contribution in [0.5, 0.6) is 0 Å². The number of aryl methyl sites for hydroxylation is 1. The number of pyridine rings is 1. The summed E-state index contributed by atoms with van der Waals surface area (Å²) in [5, 5.41) is 0. The average Bonchev–Trinajstić information content (AvgIpc) is 2.87. The summed E-state index contributed by atoms with van der Waals surface area (Å²) in [5.41, 5.74) is 2.44. The van der Waals surface area contributed by atoms with Crippen molar-refractivity contribution in [1.29, 1.82) is 0 Å². The smallest absolute Gasteiger partial charge is 0.0415 e. The summed E-state index contributed by atoms with van der Waals surface area (Å²) >= 11 is 3.76. The maximum absolute atomic E-state index is 4.42. The van der Waals surface area contributed by atoms with Crippen LogP contribution >= 0.6 is 15.9 Å².